The van der Waals surface area contributed by atoms with Crippen molar-refractivity contribution in [2.45, 2.75) is 33.2 Å². The van der Waals surface area contributed by atoms with Gasteiger partial charge in [-0.15, -0.1) is 0 Å². The second-order valence-corrected chi connectivity index (χ2v) is 8.61. The van der Waals surface area contributed by atoms with Gasteiger partial charge in [-0.05, 0) is 58.0 Å². The highest BCUT2D eigenvalue weighted by Crippen LogP contribution is 2.33. The Hall–Kier alpha value is -3.26. The molecule has 0 bridgehead atoms. The first-order chi connectivity index (χ1) is 15.5. The van der Waals surface area contributed by atoms with Gasteiger partial charge in [0.25, 0.3) is 0 Å². The molecule has 3 aromatic rings. The van der Waals surface area contributed by atoms with E-state index >= 15 is 0 Å². The van der Waals surface area contributed by atoms with Crippen LogP contribution in [-0.2, 0) is 9.53 Å². The summed E-state index contributed by atoms with van der Waals surface area (Å²) in [7, 11) is 0. The molecule has 0 unspecified atom stereocenters. The predicted octanol–water partition coefficient (Wildman–Crippen LogP) is 6.46. The van der Waals surface area contributed by atoms with E-state index in [2.05, 4.69) is 15.3 Å². The number of ether oxygens (including phenoxy) is 1. The summed E-state index contributed by atoms with van der Waals surface area (Å²) < 4.78 is 47.5. The van der Waals surface area contributed by atoms with Crippen molar-refractivity contribution >= 4 is 34.9 Å². The summed E-state index contributed by atoms with van der Waals surface area (Å²) in [6.45, 7) is 7.62. The number of hydrogen-bond donors (Lipinski definition) is 2. The van der Waals surface area contributed by atoms with Crippen molar-refractivity contribution in [2.75, 3.05) is 11.9 Å². The van der Waals surface area contributed by atoms with Gasteiger partial charge in [-0.25, -0.2) is 18.0 Å². The topological polar surface area (TPSA) is 67.0 Å². The number of nitrogens with zero attached hydrogens (tertiary/aromatic N) is 1. The minimum atomic E-state index is -1.53. The smallest absolute Gasteiger partial charge is 0.338 e. The number of rotatable bonds is 6. The lowest BCUT2D eigenvalue weighted by Gasteiger charge is -2.22. The maximum Gasteiger partial charge on any atom is 0.338 e. The van der Waals surface area contributed by atoms with E-state index in [0.29, 0.717) is 23.0 Å². The number of pyridine rings is 1. The average Bonchev–Trinajstić information content (AvgIpc) is 3.21. The number of benzene rings is 1. The molecule has 0 aliphatic rings. The number of halogens is 4. The number of hydrogen-bond acceptors (Lipinski definition) is 4. The Balaban J connectivity index is 2.14. The summed E-state index contributed by atoms with van der Waals surface area (Å²) in [6, 6.07) is 5.95. The van der Waals surface area contributed by atoms with Gasteiger partial charge in [0, 0.05) is 40.4 Å². The number of esters is 1. The van der Waals surface area contributed by atoms with Crippen molar-refractivity contribution in [3.05, 3.63) is 70.4 Å². The number of nitrogens with one attached hydrogen (secondary N) is 2. The van der Waals surface area contributed by atoms with Crippen molar-refractivity contribution in [1.82, 2.24) is 9.97 Å². The van der Waals surface area contributed by atoms with Gasteiger partial charge in [0.05, 0.1) is 17.9 Å². The summed E-state index contributed by atoms with van der Waals surface area (Å²) in [5, 5.41) is 2.30. The molecule has 0 aliphatic heterocycles. The Morgan fingerprint density at radius 2 is 1.94 bits per heavy atom. The molecule has 0 fully saturated rings. The first-order valence-electron chi connectivity index (χ1n) is 10.2. The zero-order valence-electron chi connectivity index (χ0n) is 18.5. The van der Waals surface area contributed by atoms with Gasteiger partial charge in [0.1, 0.15) is 5.02 Å². The molecule has 2 aromatic heterocycles. The fourth-order valence-corrected chi connectivity index (χ4v) is 3.37. The average molecular weight is 478 g/mol. The van der Waals surface area contributed by atoms with E-state index in [1.807, 2.05) is 32.9 Å². The molecule has 5 nitrogen and oxygen atoms in total. The first kappa shape index (κ1) is 24.4. The number of carbonyl (C=O) groups is 1. The summed E-state index contributed by atoms with van der Waals surface area (Å²) in [5.41, 5.74) is 1.36. The van der Waals surface area contributed by atoms with Crippen molar-refractivity contribution < 1.29 is 22.7 Å². The van der Waals surface area contributed by atoms with Crippen LogP contribution in [0.25, 0.3) is 22.9 Å². The minimum absolute atomic E-state index is 0.00510. The van der Waals surface area contributed by atoms with E-state index in [4.69, 9.17) is 16.3 Å². The van der Waals surface area contributed by atoms with Gasteiger partial charge in [-0.1, -0.05) is 11.6 Å². The highest BCUT2D eigenvalue weighted by atomic mass is 35.5. The summed E-state index contributed by atoms with van der Waals surface area (Å²) in [5.74, 6) is -5.11. The molecule has 0 saturated heterocycles. The third-order valence-corrected chi connectivity index (χ3v) is 4.84. The van der Waals surface area contributed by atoms with Crippen LogP contribution in [0.3, 0.4) is 0 Å². The molecule has 174 valence electrons. The summed E-state index contributed by atoms with van der Waals surface area (Å²) in [6.07, 6.45) is 4.54. The number of H-pyrrole nitrogens is 1. The molecule has 1 aromatic carbocycles. The fourth-order valence-electron chi connectivity index (χ4n) is 3.18. The molecular formula is C24H23ClF3N3O2. The van der Waals surface area contributed by atoms with Crippen LogP contribution >= 0.6 is 11.6 Å². The lowest BCUT2D eigenvalue weighted by Crippen LogP contribution is -2.26. The molecule has 0 spiro atoms. The molecule has 3 rings (SSSR count). The molecule has 2 heterocycles. The van der Waals surface area contributed by atoms with Crippen LogP contribution in [0.15, 0.2) is 36.7 Å². The highest BCUT2D eigenvalue weighted by Gasteiger charge is 2.25. The van der Waals surface area contributed by atoms with E-state index in [0.717, 1.165) is 5.69 Å². The van der Waals surface area contributed by atoms with Gasteiger partial charge >= 0.3 is 5.97 Å². The van der Waals surface area contributed by atoms with Gasteiger partial charge in [-0.3, -0.25) is 4.98 Å². The number of carbonyl (C=O) groups excluding carboxylic acids is 1. The van der Waals surface area contributed by atoms with E-state index in [1.54, 1.807) is 25.4 Å². The molecule has 9 heteroatoms. The van der Waals surface area contributed by atoms with Gasteiger partial charge in [0.15, 0.2) is 17.5 Å². The van der Waals surface area contributed by atoms with Crippen molar-refractivity contribution in [3.63, 3.8) is 0 Å². The monoisotopic (exact) mass is 477 g/mol. The van der Waals surface area contributed by atoms with Crippen LogP contribution in [0.4, 0.5) is 18.9 Å². The maximum absolute atomic E-state index is 14.7. The van der Waals surface area contributed by atoms with Crippen LogP contribution in [0.1, 0.15) is 39.0 Å². The Bertz CT molecular complexity index is 1220. The quantitative estimate of drug-likeness (QED) is 0.185. The van der Waals surface area contributed by atoms with E-state index in [1.165, 1.54) is 6.08 Å². The lowest BCUT2D eigenvalue weighted by molar-refractivity contribution is -0.136. The lowest BCUT2D eigenvalue weighted by atomic mass is 10.0. The van der Waals surface area contributed by atoms with E-state index < -0.39 is 34.0 Å². The molecule has 33 heavy (non-hydrogen) atoms. The SMILES string of the molecule is CCOC(=O)C(=Cc1[nH]ccc1-c1cc(NC(C)(C)C)ccn1)c1cc(F)c(F)c(Cl)c1F. The largest absolute Gasteiger partial charge is 0.462 e. The highest BCUT2D eigenvalue weighted by molar-refractivity contribution is 6.31. The van der Waals surface area contributed by atoms with Crippen LogP contribution < -0.4 is 5.32 Å². The zero-order valence-corrected chi connectivity index (χ0v) is 19.3. The molecule has 0 atom stereocenters. The van der Waals surface area contributed by atoms with Crippen molar-refractivity contribution in [2.24, 2.45) is 0 Å². The Morgan fingerprint density at radius 3 is 2.61 bits per heavy atom. The molecule has 0 amide bonds. The molecule has 0 saturated carbocycles. The summed E-state index contributed by atoms with van der Waals surface area (Å²) >= 11 is 5.60. The standard InChI is InChI=1S/C24H23ClF3N3O2/c1-5-33-23(32)16(15-11-17(26)22(28)20(25)21(15)27)12-19-14(7-9-30-19)18-10-13(6-8-29-18)31-24(2,3)4/h6-12,30H,5H2,1-4H3,(H,29,31). The molecular weight excluding hydrogens is 455 g/mol. The molecule has 0 aliphatic carbocycles. The van der Waals surface area contributed by atoms with Crippen molar-refractivity contribution in [3.8, 4) is 11.3 Å². The number of aromatic nitrogens is 2. The second kappa shape index (κ2) is 9.70. The fraction of sp³-hybridized carbons (Fsp3) is 0.250. The Labute approximate surface area is 194 Å². The van der Waals surface area contributed by atoms with Crippen LogP contribution in [0.2, 0.25) is 5.02 Å². The normalized spacial score (nSPS) is 12.1. The Kier molecular flexibility index (Phi) is 7.17. The maximum atomic E-state index is 14.7. The summed E-state index contributed by atoms with van der Waals surface area (Å²) in [4.78, 5) is 20.0. The van der Waals surface area contributed by atoms with E-state index in [-0.39, 0.29) is 17.7 Å². The van der Waals surface area contributed by atoms with Crippen LogP contribution in [0, 0.1) is 17.5 Å². The zero-order chi connectivity index (χ0) is 24.3. The third-order valence-electron chi connectivity index (χ3n) is 4.51. The van der Waals surface area contributed by atoms with Gasteiger partial charge in [-0.2, -0.15) is 0 Å². The van der Waals surface area contributed by atoms with Crippen LogP contribution in [-0.4, -0.2) is 28.1 Å². The predicted molar refractivity (Wildman–Crippen MR) is 123 cm³/mol. The second-order valence-electron chi connectivity index (χ2n) is 8.24. The molecule has 0 radical (unpaired) electrons. The van der Waals surface area contributed by atoms with Gasteiger partial charge < -0.3 is 15.0 Å². The number of anilines is 1. The van der Waals surface area contributed by atoms with E-state index in [9.17, 15) is 18.0 Å². The molecule has 2 N–H and O–H groups in total. The third kappa shape index (κ3) is 5.57. The van der Waals surface area contributed by atoms with Crippen molar-refractivity contribution in [1.29, 1.82) is 0 Å². The van der Waals surface area contributed by atoms with Gasteiger partial charge in [0.2, 0.25) is 0 Å². The Morgan fingerprint density at radius 1 is 1.21 bits per heavy atom. The first-order valence-corrected chi connectivity index (χ1v) is 10.5. The minimum Gasteiger partial charge on any atom is -0.462 e. The number of aromatic amines is 1. The van der Waals surface area contributed by atoms with Crippen LogP contribution in [0.5, 0.6) is 0 Å².